The van der Waals surface area contributed by atoms with Gasteiger partial charge in [0.25, 0.3) is 0 Å². The van der Waals surface area contributed by atoms with Gasteiger partial charge in [-0.05, 0) is 50.5 Å². The van der Waals surface area contributed by atoms with Crippen LogP contribution in [0.2, 0.25) is 0 Å². The van der Waals surface area contributed by atoms with E-state index < -0.39 is 5.54 Å². The quantitative estimate of drug-likeness (QED) is 0.772. The van der Waals surface area contributed by atoms with E-state index in [0.717, 1.165) is 32.1 Å². The van der Waals surface area contributed by atoms with E-state index in [-0.39, 0.29) is 29.7 Å². The molecule has 26 heavy (non-hydrogen) atoms. The topological polar surface area (TPSA) is 87.5 Å². The number of hydrogen-bond donors (Lipinski definition) is 3. The summed E-state index contributed by atoms with van der Waals surface area (Å²) in [5.74, 6) is -0.378. The predicted molar refractivity (Wildman–Crippen MR) is 98.1 cm³/mol. The Morgan fingerprint density at radius 3 is 2.65 bits per heavy atom. The molecule has 1 aliphatic heterocycles. The number of nitrogens with two attached hydrogens (primary N) is 1. The zero-order valence-corrected chi connectivity index (χ0v) is 15.1. The molecule has 3 amide bonds. The minimum atomic E-state index is -0.444. The van der Waals surface area contributed by atoms with Gasteiger partial charge >= 0.3 is 6.03 Å². The number of nitrogens with one attached hydrogen (secondary N) is 2. The first kappa shape index (κ1) is 18.6. The molecule has 1 aromatic carbocycles. The number of anilines is 1. The molecule has 2 aliphatic rings. The molecule has 0 radical (unpaired) electrons. The van der Waals surface area contributed by atoms with Gasteiger partial charge in [-0.2, -0.15) is 0 Å². The second-order valence-electron chi connectivity index (χ2n) is 7.68. The summed E-state index contributed by atoms with van der Waals surface area (Å²) < 4.78 is 12.9. The number of amides is 3. The highest BCUT2D eigenvalue weighted by molar-refractivity contribution is 5.89. The molecule has 1 saturated heterocycles. The van der Waals surface area contributed by atoms with E-state index in [1.807, 2.05) is 11.8 Å². The molecule has 0 aromatic heterocycles. The Kier molecular flexibility index (Phi) is 5.46. The van der Waals surface area contributed by atoms with Gasteiger partial charge in [0.15, 0.2) is 0 Å². The molecule has 1 aliphatic carbocycles. The lowest BCUT2D eigenvalue weighted by Crippen LogP contribution is -2.53. The highest BCUT2D eigenvalue weighted by Gasteiger charge is 2.41. The Morgan fingerprint density at radius 1 is 1.23 bits per heavy atom. The number of carbonyl (C=O) groups is 2. The standard InChI is InChI=1S/C19H27FN4O2/c1-19(21)10-3-2-4-16(19)17(25)24-11-9-15(12-24)23-18(26)22-14-7-5-13(20)6-8-14/h5-8,15-16H,2-4,9-12,21H2,1H3,(H2,22,23,26). The number of halogens is 1. The summed E-state index contributed by atoms with van der Waals surface area (Å²) >= 11 is 0. The van der Waals surface area contributed by atoms with Crippen LogP contribution in [-0.2, 0) is 4.79 Å². The maximum absolute atomic E-state index is 12.9. The normalized spacial score (nSPS) is 28.7. The van der Waals surface area contributed by atoms with Crippen molar-refractivity contribution in [3.05, 3.63) is 30.1 Å². The van der Waals surface area contributed by atoms with E-state index in [9.17, 15) is 14.0 Å². The summed E-state index contributed by atoms with van der Waals surface area (Å²) in [7, 11) is 0. The number of likely N-dealkylation sites (tertiary alicyclic amines) is 1. The summed E-state index contributed by atoms with van der Waals surface area (Å²) in [6.45, 7) is 3.10. The van der Waals surface area contributed by atoms with Crippen molar-refractivity contribution in [2.75, 3.05) is 18.4 Å². The summed E-state index contributed by atoms with van der Waals surface area (Å²) in [6, 6.07) is 5.15. The van der Waals surface area contributed by atoms with Crippen molar-refractivity contribution in [1.29, 1.82) is 0 Å². The molecular weight excluding hydrogens is 335 g/mol. The lowest BCUT2D eigenvalue weighted by Gasteiger charge is -2.39. The van der Waals surface area contributed by atoms with Crippen molar-refractivity contribution in [3.8, 4) is 0 Å². The van der Waals surface area contributed by atoms with E-state index in [2.05, 4.69) is 10.6 Å². The molecule has 6 nitrogen and oxygen atoms in total. The van der Waals surface area contributed by atoms with Gasteiger partial charge in [0.05, 0.1) is 5.92 Å². The molecule has 3 atom stereocenters. The van der Waals surface area contributed by atoms with Gasteiger partial charge in [0, 0.05) is 30.4 Å². The van der Waals surface area contributed by atoms with E-state index in [0.29, 0.717) is 18.8 Å². The number of hydrogen-bond acceptors (Lipinski definition) is 3. The van der Waals surface area contributed by atoms with Gasteiger partial charge < -0.3 is 21.3 Å². The van der Waals surface area contributed by atoms with Crippen LogP contribution >= 0.6 is 0 Å². The van der Waals surface area contributed by atoms with Crippen molar-refractivity contribution in [3.63, 3.8) is 0 Å². The Morgan fingerprint density at radius 2 is 1.96 bits per heavy atom. The van der Waals surface area contributed by atoms with Crippen molar-refractivity contribution in [1.82, 2.24) is 10.2 Å². The molecule has 3 unspecified atom stereocenters. The van der Waals surface area contributed by atoms with Gasteiger partial charge in [0.1, 0.15) is 5.82 Å². The smallest absolute Gasteiger partial charge is 0.319 e. The predicted octanol–water partition coefficient (Wildman–Crippen LogP) is 2.46. The summed E-state index contributed by atoms with van der Waals surface area (Å²) in [6.07, 6.45) is 4.55. The minimum Gasteiger partial charge on any atom is -0.340 e. The van der Waals surface area contributed by atoms with Gasteiger partial charge in [-0.3, -0.25) is 4.79 Å². The average molecular weight is 362 g/mol. The Hall–Kier alpha value is -2.15. The van der Waals surface area contributed by atoms with E-state index >= 15 is 0 Å². The molecule has 1 heterocycles. The van der Waals surface area contributed by atoms with Crippen LogP contribution in [-0.4, -0.2) is 41.5 Å². The summed E-state index contributed by atoms with van der Waals surface area (Å²) in [5, 5.41) is 5.56. The van der Waals surface area contributed by atoms with Crippen LogP contribution in [0.4, 0.5) is 14.9 Å². The first-order valence-electron chi connectivity index (χ1n) is 9.26. The molecule has 1 aromatic rings. The van der Waals surface area contributed by atoms with Crippen LogP contribution < -0.4 is 16.4 Å². The number of urea groups is 1. The fourth-order valence-electron chi connectivity index (χ4n) is 3.95. The Bertz CT molecular complexity index is 662. The second kappa shape index (κ2) is 7.61. The summed E-state index contributed by atoms with van der Waals surface area (Å²) in [4.78, 5) is 26.8. The van der Waals surface area contributed by atoms with Crippen molar-refractivity contribution < 1.29 is 14.0 Å². The highest BCUT2D eigenvalue weighted by Crippen LogP contribution is 2.33. The largest absolute Gasteiger partial charge is 0.340 e. The molecule has 142 valence electrons. The van der Waals surface area contributed by atoms with Crippen LogP contribution in [0.25, 0.3) is 0 Å². The molecule has 3 rings (SSSR count). The van der Waals surface area contributed by atoms with Crippen molar-refractivity contribution in [2.24, 2.45) is 11.7 Å². The molecule has 0 bridgehead atoms. The zero-order valence-electron chi connectivity index (χ0n) is 15.1. The van der Waals surface area contributed by atoms with E-state index in [1.54, 1.807) is 0 Å². The lowest BCUT2D eigenvalue weighted by molar-refractivity contribution is -0.137. The van der Waals surface area contributed by atoms with Gasteiger partial charge in [-0.25, -0.2) is 9.18 Å². The van der Waals surface area contributed by atoms with E-state index in [4.69, 9.17) is 5.73 Å². The van der Waals surface area contributed by atoms with Crippen LogP contribution in [0.3, 0.4) is 0 Å². The maximum atomic E-state index is 12.9. The molecular formula is C19H27FN4O2. The van der Waals surface area contributed by atoms with E-state index in [1.165, 1.54) is 24.3 Å². The fourth-order valence-corrected chi connectivity index (χ4v) is 3.95. The maximum Gasteiger partial charge on any atom is 0.319 e. The monoisotopic (exact) mass is 362 g/mol. The number of carbonyl (C=O) groups excluding carboxylic acids is 2. The van der Waals surface area contributed by atoms with Gasteiger partial charge in [-0.15, -0.1) is 0 Å². The zero-order chi connectivity index (χ0) is 18.7. The Balaban J connectivity index is 1.51. The third kappa shape index (κ3) is 4.33. The lowest BCUT2D eigenvalue weighted by atomic mass is 9.74. The van der Waals surface area contributed by atoms with Crippen LogP contribution in [0.1, 0.15) is 39.0 Å². The number of rotatable bonds is 3. The van der Waals surface area contributed by atoms with Crippen molar-refractivity contribution >= 4 is 17.6 Å². The fraction of sp³-hybridized carbons (Fsp3) is 0.579. The highest BCUT2D eigenvalue weighted by atomic mass is 19.1. The SMILES string of the molecule is CC1(N)CCCCC1C(=O)N1CCC(NC(=O)Nc2ccc(F)cc2)C1. The van der Waals surface area contributed by atoms with Crippen LogP contribution in [0.5, 0.6) is 0 Å². The third-order valence-corrected chi connectivity index (χ3v) is 5.49. The molecule has 1 saturated carbocycles. The number of benzene rings is 1. The average Bonchev–Trinajstić information content (AvgIpc) is 3.04. The van der Waals surface area contributed by atoms with Gasteiger partial charge in [-0.1, -0.05) is 12.8 Å². The molecule has 0 spiro atoms. The minimum absolute atomic E-state index is 0.0907. The van der Waals surface area contributed by atoms with Crippen LogP contribution in [0.15, 0.2) is 24.3 Å². The number of nitrogens with zero attached hydrogens (tertiary/aromatic N) is 1. The molecule has 2 fully saturated rings. The Labute approximate surface area is 153 Å². The summed E-state index contributed by atoms with van der Waals surface area (Å²) in [5.41, 5.74) is 6.43. The first-order chi connectivity index (χ1) is 12.3. The first-order valence-corrected chi connectivity index (χ1v) is 9.26. The third-order valence-electron chi connectivity index (χ3n) is 5.49. The molecule has 7 heteroatoms. The molecule has 4 N–H and O–H groups in total. The van der Waals surface area contributed by atoms with Crippen molar-refractivity contribution in [2.45, 2.75) is 50.6 Å². The van der Waals surface area contributed by atoms with Gasteiger partial charge in [0.2, 0.25) is 5.91 Å². The van der Waals surface area contributed by atoms with Crippen LogP contribution in [0, 0.1) is 11.7 Å². The second-order valence-corrected chi connectivity index (χ2v) is 7.68.